The van der Waals surface area contributed by atoms with Gasteiger partial charge in [0.25, 0.3) is 0 Å². The van der Waals surface area contributed by atoms with Gasteiger partial charge in [-0.1, -0.05) is 36.4 Å². The van der Waals surface area contributed by atoms with Crippen LogP contribution in [0.4, 0.5) is 0 Å². The maximum absolute atomic E-state index is 7.48. The summed E-state index contributed by atoms with van der Waals surface area (Å²) in [5.74, 6) is 1.52. The molecule has 6 nitrogen and oxygen atoms in total. The summed E-state index contributed by atoms with van der Waals surface area (Å²) in [5, 5.41) is 17.2. The van der Waals surface area contributed by atoms with Crippen molar-refractivity contribution >= 4 is 34.9 Å². The minimum Gasteiger partial charge on any atom is -0.489 e. The molecule has 0 fully saturated rings. The number of nitrogens with two attached hydrogens (primary N) is 2. The smallest absolute Gasteiger partial charge is 0.122 e. The van der Waals surface area contributed by atoms with Gasteiger partial charge in [-0.3, -0.25) is 10.8 Å². The number of fused-ring (bicyclic) bond motifs is 1. The van der Waals surface area contributed by atoms with E-state index in [-0.39, 0.29) is 24.1 Å². The van der Waals surface area contributed by atoms with Crippen molar-refractivity contribution in [1.82, 2.24) is 0 Å². The predicted octanol–water partition coefficient (Wildman–Crippen LogP) is 4.99. The predicted molar refractivity (Wildman–Crippen MR) is 135 cm³/mol. The molecule has 4 aromatic rings. The number of nitrogens with one attached hydrogen (secondary N) is 2. The molecular weight excluding hydrogens is 436 g/mol. The summed E-state index contributed by atoms with van der Waals surface area (Å²) in [7, 11) is 0. The number of hydrogen-bond donors (Lipinski definition) is 4. The Kier molecular flexibility index (Phi) is 7.53. The molecule has 0 amide bonds. The van der Waals surface area contributed by atoms with Crippen LogP contribution in [0.5, 0.6) is 11.5 Å². The van der Waals surface area contributed by atoms with Gasteiger partial charge in [0.2, 0.25) is 0 Å². The van der Waals surface area contributed by atoms with Crippen molar-refractivity contribution < 1.29 is 9.47 Å². The van der Waals surface area contributed by atoms with Crippen molar-refractivity contribution in [3.8, 4) is 11.5 Å². The van der Waals surface area contributed by atoms with Crippen LogP contribution in [0.15, 0.2) is 84.9 Å². The number of halogens is 1. The Morgan fingerprint density at radius 1 is 0.576 bits per heavy atom. The van der Waals surface area contributed by atoms with Crippen LogP contribution < -0.4 is 20.9 Å². The second-order valence-electron chi connectivity index (χ2n) is 7.38. The first-order chi connectivity index (χ1) is 15.5. The normalized spacial score (nSPS) is 10.3. The van der Waals surface area contributed by atoms with E-state index in [9.17, 15) is 0 Å². The number of amidine groups is 2. The largest absolute Gasteiger partial charge is 0.489 e. The lowest BCUT2D eigenvalue weighted by Gasteiger charge is -2.14. The molecule has 6 N–H and O–H groups in total. The zero-order chi connectivity index (χ0) is 22.5. The zero-order valence-corrected chi connectivity index (χ0v) is 18.7. The lowest BCUT2D eigenvalue weighted by Crippen LogP contribution is -2.10. The third-order valence-electron chi connectivity index (χ3n) is 5.22. The van der Waals surface area contributed by atoms with Crippen LogP contribution in [0.25, 0.3) is 10.8 Å². The molecule has 168 valence electrons. The molecule has 0 aliphatic rings. The van der Waals surface area contributed by atoms with E-state index in [1.165, 1.54) is 0 Å². The number of ether oxygens (including phenoxy) is 2. The third-order valence-corrected chi connectivity index (χ3v) is 5.22. The SMILES string of the molecule is Cl.N=C(N)c1ccc(OCc2ccc(COc3ccc(C(=N)N)cc3)c3ccccc23)cc1. The van der Waals surface area contributed by atoms with E-state index in [1.807, 2.05) is 36.4 Å². The average Bonchev–Trinajstić information content (AvgIpc) is 2.82. The van der Waals surface area contributed by atoms with Gasteiger partial charge in [-0.05, 0) is 70.4 Å². The van der Waals surface area contributed by atoms with E-state index in [2.05, 4.69) is 24.3 Å². The maximum Gasteiger partial charge on any atom is 0.122 e. The third kappa shape index (κ3) is 5.61. The molecule has 0 unspecified atom stereocenters. The van der Waals surface area contributed by atoms with Gasteiger partial charge in [0.05, 0.1) is 0 Å². The van der Waals surface area contributed by atoms with E-state index in [0.717, 1.165) is 33.4 Å². The molecule has 0 aliphatic heterocycles. The van der Waals surface area contributed by atoms with Crippen LogP contribution in [0.3, 0.4) is 0 Å². The van der Waals surface area contributed by atoms with Gasteiger partial charge in [0.15, 0.2) is 0 Å². The molecule has 33 heavy (non-hydrogen) atoms. The first-order valence-corrected chi connectivity index (χ1v) is 10.2. The molecule has 0 aromatic heterocycles. The molecule has 0 heterocycles. The van der Waals surface area contributed by atoms with E-state index < -0.39 is 0 Å². The van der Waals surface area contributed by atoms with Crippen LogP contribution >= 0.6 is 12.4 Å². The summed E-state index contributed by atoms with van der Waals surface area (Å²) in [6.07, 6.45) is 0. The van der Waals surface area contributed by atoms with Crippen LogP contribution in [-0.2, 0) is 13.2 Å². The monoisotopic (exact) mass is 460 g/mol. The van der Waals surface area contributed by atoms with E-state index in [4.69, 9.17) is 31.8 Å². The Morgan fingerprint density at radius 2 is 0.939 bits per heavy atom. The summed E-state index contributed by atoms with van der Waals surface area (Å²) in [6.45, 7) is 0.848. The molecule has 4 rings (SSSR count). The Morgan fingerprint density at radius 3 is 1.27 bits per heavy atom. The molecule has 0 spiro atoms. The van der Waals surface area contributed by atoms with Crippen LogP contribution in [0, 0.1) is 10.8 Å². The van der Waals surface area contributed by atoms with Gasteiger partial charge in [-0.25, -0.2) is 0 Å². The first-order valence-electron chi connectivity index (χ1n) is 10.2. The molecular formula is C26H25ClN4O2. The summed E-state index contributed by atoms with van der Waals surface area (Å²) in [6, 6.07) is 26.7. The minimum absolute atomic E-state index is 0. The molecule has 0 aliphatic carbocycles. The van der Waals surface area contributed by atoms with Gasteiger partial charge in [-0.2, -0.15) is 0 Å². The van der Waals surface area contributed by atoms with E-state index in [0.29, 0.717) is 24.3 Å². The summed E-state index contributed by atoms with van der Waals surface area (Å²) < 4.78 is 11.9. The van der Waals surface area contributed by atoms with Crippen molar-refractivity contribution in [3.63, 3.8) is 0 Å². The van der Waals surface area contributed by atoms with Crippen molar-refractivity contribution in [1.29, 1.82) is 10.8 Å². The first kappa shape index (κ1) is 23.6. The highest BCUT2D eigenvalue weighted by atomic mass is 35.5. The highest BCUT2D eigenvalue weighted by molar-refractivity contribution is 5.95. The van der Waals surface area contributed by atoms with Crippen LogP contribution in [0.1, 0.15) is 22.3 Å². The quantitative estimate of drug-likeness (QED) is 0.219. The summed E-state index contributed by atoms with van der Waals surface area (Å²) >= 11 is 0. The van der Waals surface area contributed by atoms with Crippen LogP contribution in [0.2, 0.25) is 0 Å². The average molecular weight is 461 g/mol. The van der Waals surface area contributed by atoms with Crippen molar-refractivity contribution in [2.45, 2.75) is 13.2 Å². The number of hydrogen-bond acceptors (Lipinski definition) is 4. The fraction of sp³-hybridized carbons (Fsp3) is 0.0769. The van der Waals surface area contributed by atoms with Crippen molar-refractivity contribution in [2.24, 2.45) is 11.5 Å². The lowest BCUT2D eigenvalue weighted by molar-refractivity contribution is 0.305. The van der Waals surface area contributed by atoms with Crippen molar-refractivity contribution in [2.75, 3.05) is 0 Å². The van der Waals surface area contributed by atoms with E-state index in [1.54, 1.807) is 24.3 Å². The Hall–Kier alpha value is -4.03. The molecule has 7 heteroatoms. The number of rotatable bonds is 8. The lowest BCUT2D eigenvalue weighted by atomic mass is 10.0. The zero-order valence-electron chi connectivity index (χ0n) is 17.9. The number of benzene rings is 4. The van der Waals surface area contributed by atoms with Gasteiger partial charge < -0.3 is 20.9 Å². The summed E-state index contributed by atoms with van der Waals surface area (Å²) in [5.41, 5.74) is 14.5. The van der Waals surface area contributed by atoms with E-state index >= 15 is 0 Å². The second-order valence-corrected chi connectivity index (χ2v) is 7.38. The standard InChI is InChI=1S/C26H24N4O2.ClH/c27-25(28)17-7-11-21(12-8-17)31-15-19-5-6-20(24-4-2-1-3-23(19)24)16-32-22-13-9-18(10-14-22)26(29)30;/h1-14H,15-16H2,(H3,27,28)(H3,29,30);1H. The van der Waals surface area contributed by atoms with Crippen molar-refractivity contribution in [3.05, 3.63) is 107 Å². The Bertz CT molecular complexity index is 1170. The van der Waals surface area contributed by atoms with Crippen LogP contribution in [-0.4, -0.2) is 11.7 Å². The molecule has 0 saturated heterocycles. The molecule has 0 bridgehead atoms. The highest BCUT2D eigenvalue weighted by Crippen LogP contribution is 2.26. The number of nitrogen functional groups attached to an aromatic ring is 2. The molecule has 0 atom stereocenters. The minimum atomic E-state index is 0. The molecule has 4 aromatic carbocycles. The van der Waals surface area contributed by atoms with Gasteiger partial charge in [0, 0.05) is 11.1 Å². The fourth-order valence-electron chi connectivity index (χ4n) is 3.46. The Labute approximate surface area is 198 Å². The highest BCUT2D eigenvalue weighted by Gasteiger charge is 2.08. The second kappa shape index (κ2) is 10.5. The fourth-order valence-corrected chi connectivity index (χ4v) is 3.46. The molecule has 0 radical (unpaired) electrons. The van der Waals surface area contributed by atoms with Gasteiger partial charge in [-0.15, -0.1) is 12.4 Å². The molecule has 0 saturated carbocycles. The summed E-state index contributed by atoms with van der Waals surface area (Å²) in [4.78, 5) is 0. The Balaban J connectivity index is 0.00000306. The van der Waals surface area contributed by atoms with Gasteiger partial charge in [0.1, 0.15) is 36.4 Å². The van der Waals surface area contributed by atoms with Gasteiger partial charge >= 0.3 is 0 Å². The topological polar surface area (TPSA) is 118 Å². The maximum atomic E-state index is 7.48.